The molecule has 7 nitrogen and oxygen atoms in total. The minimum absolute atomic E-state index is 0.0785. The van der Waals surface area contributed by atoms with E-state index in [-0.39, 0.29) is 6.10 Å². The summed E-state index contributed by atoms with van der Waals surface area (Å²) in [4.78, 5) is 22.3. The fraction of sp³-hybridized carbons (Fsp3) is 0.273. The fourth-order valence-electron chi connectivity index (χ4n) is 3.89. The molecule has 1 unspecified atom stereocenters. The van der Waals surface area contributed by atoms with Gasteiger partial charge in [-0.05, 0) is 17.7 Å². The minimum atomic E-state index is -0.0785. The fourth-order valence-corrected chi connectivity index (χ4v) is 3.89. The van der Waals surface area contributed by atoms with Gasteiger partial charge in [-0.2, -0.15) is 0 Å². The topological polar surface area (TPSA) is 66.2 Å². The van der Waals surface area contributed by atoms with E-state index in [0.29, 0.717) is 13.2 Å². The number of allylic oxidation sites excluding steroid dienone is 1. The van der Waals surface area contributed by atoms with Gasteiger partial charge in [0.15, 0.2) is 0 Å². The monoisotopic (exact) mass is 386 g/mol. The number of hydrogen-bond acceptors (Lipinski definition) is 7. The molecule has 3 aliphatic rings. The number of ether oxygens (including phenoxy) is 1. The molecular weight excluding hydrogens is 364 g/mol. The van der Waals surface area contributed by atoms with Crippen LogP contribution in [0.5, 0.6) is 0 Å². The highest BCUT2D eigenvalue weighted by atomic mass is 16.5. The third-order valence-corrected chi connectivity index (χ3v) is 5.47. The largest absolute Gasteiger partial charge is 0.368 e. The van der Waals surface area contributed by atoms with E-state index in [9.17, 15) is 0 Å². The minimum Gasteiger partial charge on any atom is -0.368 e. The second-order valence-electron chi connectivity index (χ2n) is 7.25. The highest BCUT2D eigenvalue weighted by Crippen LogP contribution is 2.26. The average molecular weight is 386 g/mol. The summed E-state index contributed by atoms with van der Waals surface area (Å²) in [7, 11) is 1.99. The molecule has 1 aromatic carbocycles. The Balaban J connectivity index is 1.42. The van der Waals surface area contributed by atoms with E-state index >= 15 is 0 Å². The van der Waals surface area contributed by atoms with Crippen LogP contribution in [-0.4, -0.2) is 64.3 Å². The summed E-state index contributed by atoms with van der Waals surface area (Å²) in [5.41, 5.74) is 5.94. The van der Waals surface area contributed by atoms with Crippen LogP contribution in [0, 0.1) is 0 Å². The molecule has 4 heterocycles. The molecule has 5 rings (SSSR count). The zero-order valence-corrected chi connectivity index (χ0v) is 16.3. The number of hydrogen-bond donors (Lipinski definition) is 0. The van der Waals surface area contributed by atoms with Crippen LogP contribution in [0.2, 0.25) is 0 Å². The summed E-state index contributed by atoms with van der Waals surface area (Å²) in [6, 6.07) is 10.2. The molecule has 1 aromatic heterocycles. The number of guanidine groups is 1. The van der Waals surface area contributed by atoms with Crippen LogP contribution in [0.25, 0.3) is 5.70 Å². The molecule has 0 saturated carbocycles. The Labute approximate surface area is 169 Å². The molecule has 146 valence electrons. The van der Waals surface area contributed by atoms with Gasteiger partial charge in [0.05, 0.1) is 36.8 Å². The first kappa shape index (κ1) is 17.8. The lowest BCUT2D eigenvalue weighted by molar-refractivity contribution is 0.0302. The number of benzene rings is 1. The molecule has 2 aromatic rings. The van der Waals surface area contributed by atoms with Crippen LogP contribution in [0.15, 0.2) is 71.2 Å². The van der Waals surface area contributed by atoms with Gasteiger partial charge in [0.1, 0.15) is 12.4 Å². The number of aromatic nitrogens is 2. The Bertz CT molecular complexity index is 1040. The molecule has 1 fully saturated rings. The van der Waals surface area contributed by atoms with Crippen molar-refractivity contribution in [3.63, 3.8) is 0 Å². The van der Waals surface area contributed by atoms with Crippen molar-refractivity contribution in [2.45, 2.75) is 12.6 Å². The summed E-state index contributed by atoms with van der Waals surface area (Å²) in [5.74, 6) is 0.853. The van der Waals surface area contributed by atoms with Gasteiger partial charge in [0.2, 0.25) is 5.96 Å². The first-order chi connectivity index (χ1) is 14.2. The Morgan fingerprint density at radius 1 is 1.21 bits per heavy atom. The zero-order chi connectivity index (χ0) is 19.8. The quantitative estimate of drug-likeness (QED) is 0.793. The molecule has 3 aliphatic heterocycles. The molecule has 1 saturated heterocycles. The van der Waals surface area contributed by atoms with Gasteiger partial charge in [0, 0.05) is 31.0 Å². The third kappa shape index (κ3) is 3.23. The van der Waals surface area contributed by atoms with Crippen molar-refractivity contribution in [3.05, 3.63) is 78.0 Å². The average Bonchev–Trinajstić information content (AvgIpc) is 3.20. The van der Waals surface area contributed by atoms with Gasteiger partial charge in [-0.15, -0.1) is 0 Å². The van der Waals surface area contributed by atoms with E-state index in [1.54, 1.807) is 6.20 Å². The predicted octanol–water partition coefficient (Wildman–Crippen LogP) is 2.34. The number of likely N-dealkylation sites (N-methyl/N-ethyl adjacent to an activating group) is 1. The van der Waals surface area contributed by atoms with Gasteiger partial charge < -0.3 is 14.5 Å². The molecule has 0 bridgehead atoms. The molecule has 29 heavy (non-hydrogen) atoms. The standard InChI is InChI=1S/C22H22N6O/c1-15-11-19(18-7-8-23-14-25-18)26-22(27(15)2)28-9-10-29-20(13-28)21-17-6-4-3-5-16(17)12-24-21/h3-8,11,14,20H,1,9-10,12-13H2,2H3. The highest BCUT2D eigenvalue weighted by Gasteiger charge is 2.32. The number of rotatable bonds is 2. The Morgan fingerprint density at radius 2 is 2.10 bits per heavy atom. The van der Waals surface area contributed by atoms with Crippen molar-refractivity contribution in [1.82, 2.24) is 19.8 Å². The molecule has 0 aliphatic carbocycles. The van der Waals surface area contributed by atoms with E-state index in [1.165, 1.54) is 17.5 Å². The Hall–Kier alpha value is -3.32. The number of aliphatic imine (C=N–C) groups is 2. The summed E-state index contributed by atoms with van der Waals surface area (Å²) in [6.45, 7) is 6.99. The van der Waals surface area contributed by atoms with E-state index in [0.717, 1.165) is 41.8 Å². The summed E-state index contributed by atoms with van der Waals surface area (Å²) >= 11 is 0. The van der Waals surface area contributed by atoms with Gasteiger partial charge in [-0.3, -0.25) is 4.99 Å². The van der Waals surface area contributed by atoms with Crippen molar-refractivity contribution < 1.29 is 4.74 Å². The lowest BCUT2D eigenvalue weighted by Gasteiger charge is -2.39. The second-order valence-corrected chi connectivity index (χ2v) is 7.25. The lowest BCUT2D eigenvalue weighted by atomic mass is 10.0. The smallest absolute Gasteiger partial charge is 0.206 e. The van der Waals surface area contributed by atoms with Gasteiger partial charge in [-0.1, -0.05) is 30.8 Å². The first-order valence-corrected chi connectivity index (χ1v) is 9.69. The van der Waals surface area contributed by atoms with Crippen LogP contribution in [0.3, 0.4) is 0 Å². The van der Waals surface area contributed by atoms with Gasteiger partial charge in [0.25, 0.3) is 0 Å². The van der Waals surface area contributed by atoms with Crippen LogP contribution >= 0.6 is 0 Å². The van der Waals surface area contributed by atoms with Crippen molar-refractivity contribution in [3.8, 4) is 0 Å². The van der Waals surface area contributed by atoms with Crippen molar-refractivity contribution in [2.75, 3.05) is 26.7 Å². The normalized spacial score (nSPS) is 21.5. The molecule has 7 heteroatoms. The highest BCUT2D eigenvalue weighted by molar-refractivity contribution is 6.07. The summed E-state index contributed by atoms with van der Waals surface area (Å²) < 4.78 is 6.11. The Morgan fingerprint density at radius 3 is 2.97 bits per heavy atom. The number of nitrogens with zero attached hydrogens (tertiary/aromatic N) is 6. The molecule has 0 radical (unpaired) electrons. The maximum Gasteiger partial charge on any atom is 0.206 e. The zero-order valence-electron chi connectivity index (χ0n) is 16.3. The maximum atomic E-state index is 6.11. The molecular formula is C22H22N6O. The molecule has 0 amide bonds. The molecule has 0 N–H and O–H groups in total. The van der Waals surface area contributed by atoms with Crippen molar-refractivity contribution >= 4 is 17.4 Å². The predicted molar refractivity (Wildman–Crippen MR) is 112 cm³/mol. The SMILES string of the molecule is C=C1C=C(c2ccncn2)N=C(N2CCOC(C3=NCc4ccccc43)C2)N1C. The van der Waals surface area contributed by atoms with E-state index in [1.807, 2.05) is 24.1 Å². The second kappa shape index (κ2) is 7.25. The van der Waals surface area contributed by atoms with E-state index in [2.05, 4.69) is 45.7 Å². The van der Waals surface area contributed by atoms with Crippen LogP contribution in [-0.2, 0) is 11.3 Å². The summed E-state index contributed by atoms with van der Waals surface area (Å²) in [6.07, 6.45) is 5.12. The number of morpholine rings is 1. The lowest BCUT2D eigenvalue weighted by Crippen LogP contribution is -2.53. The van der Waals surface area contributed by atoms with Crippen molar-refractivity contribution in [2.24, 2.45) is 9.98 Å². The molecule has 0 spiro atoms. The van der Waals surface area contributed by atoms with Crippen molar-refractivity contribution in [1.29, 1.82) is 0 Å². The van der Waals surface area contributed by atoms with Gasteiger partial charge in [-0.25, -0.2) is 15.0 Å². The molecule has 1 atom stereocenters. The van der Waals surface area contributed by atoms with Crippen LogP contribution in [0.4, 0.5) is 0 Å². The van der Waals surface area contributed by atoms with E-state index < -0.39 is 0 Å². The Kier molecular flexibility index (Phi) is 4.44. The van der Waals surface area contributed by atoms with Gasteiger partial charge >= 0.3 is 0 Å². The third-order valence-electron chi connectivity index (χ3n) is 5.47. The number of fused-ring (bicyclic) bond motifs is 1. The maximum absolute atomic E-state index is 6.11. The van der Waals surface area contributed by atoms with E-state index in [4.69, 9.17) is 14.7 Å². The van der Waals surface area contributed by atoms with Crippen LogP contribution < -0.4 is 0 Å². The first-order valence-electron chi connectivity index (χ1n) is 9.69. The van der Waals surface area contributed by atoms with Crippen LogP contribution in [0.1, 0.15) is 16.8 Å². The summed E-state index contributed by atoms with van der Waals surface area (Å²) in [5, 5.41) is 0.